The number of hydrogen-bond acceptors (Lipinski definition) is 3. The van der Waals surface area contributed by atoms with Crippen molar-refractivity contribution in [2.75, 3.05) is 19.3 Å². The van der Waals surface area contributed by atoms with Crippen LogP contribution >= 0.6 is 11.8 Å². The molecule has 0 aromatic heterocycles. The van der Waals surface area contributed by atoms with Gasteiger partial charge in [0.15, 0.2) is 0 Å². The Morgan fingerprint density at radius 1 is 1.33 bits per heavy atom. The van der Waals surface area contributed by atoms with Crippen LogP contribution in [0.3, 0.4) is 0 Å². The van der Waals surface area contributed by atoms with E-state index in [1.54, 1.807) is 0 Å². The number of hydrogen-bond donors (Lipinski definition) is 2. The van der Waals surface area contributed by atoms with Crippen molar-refractivity contribution >= 4 is 23.4 Å². The van der Waals surface area contributed by atoms with Crippen molar-refractivity contribution in [1.29, 1.82) is 0 Å². The molecule has 5 heteroatoms. The summed E-state index contributed by atoms with van der Waals surface area (Å²) in [7, 11) is 0. The Morgan fingerprint density at radius 2 is 2.00 bits per heavy atom. The molecule has 0 unspecified atom stereocenters. The smallest absolute Gasteiger partial charge is 0.213 e. The molecule has 0 saturated carbocycles. The SMILES string of the molecule is CSC1CCN(C(=Nc2ccccc2)NN)CC1. The molecule has 1 aliphatic heterocycles. The highest BCUT2D eigenvalue weighted by Gasteiger charge is 2.20. The first-order chi connectivity index (χ1) is 8.83. The van der Waals surface area contributed by atoms with Crippen molar-refractivity contribution in [3.05, 3.63) is 30.3 Å². The maximum Gasteiger partial charge on any atom is 0.213 e. The van der Waals surface area contributed by atoms with Crippen LogP contribution in [0.25, 0.3) is 0 Å². The van der Waals surface area contributed by atoms with Crippen LogP contribution in [-0.4, -0.2) is 35.5 Å². The Morgan fingerprint density at radius 3 is 2.56 bits per heavy atom. The van der Waals surface area contributed by atoms with Crippen molar-refractivity contribution in [1.82, 2.24) is 10.3 Å². The lowest BCUT2D eigenvalue weighted by atomic mass is 10.1. The van der Waals surface area contributed by atoms with Gasteiger partial charge in [-0.3, -0.25) is 5.43 Å². The topological polar surface area (TPSA) is 53.6 Å². The lowest BCUT2D eigenvalue weighted by molar-refractivity contribution is 0.339. The quantitative estimate of drug-likeness (QED) is 0.371. The first kappa shape index (κ1) is 13.2. The Hall–Kier alpha value is -1.20. The molecule has 1 saturated heterocycles. The van der Waals surface area contributed by atoms with Crippen LogP contribution in [0.4, 0.5) is 5.69 Å². The second-order valence-corrected chi connectivity index (χ2v) is 5.48. The minimum atomic E-state index is 0.765. The van der Waals surface area contributed by atoms with E-state index in [1.807, 2.05) is 42.1 Å². The average molecular weight is 264 g/mol. The van der Waals surface area contributed by atoms with Crippen LogP contribution in [0, 0.1) is 0 Å². The van der Waals surface area contributed by atoms with E-state index < -0.39 is 0 Å². The summed E-state index contributed by atoms with van der Waals surface area (Å²) < 4.78 is 0. The minimum absolute atomic E-state index is 0.765. The zero-order chi connectivity index (χ0) is 12.8. The molecule has 0 spiro atoms. The summed E-state index contributed by atoms with van der Waals surface area (Å²) in [5.41, 5.74) is 3.65. The number of likely N-dealkylation sites (tertiary alicyclic amines) is 1. The molecule has 2 rings (SSSR count). The van der Waals surface area contributed by atoms with Gasteiger partial charge in [-0.15, -0.1) is 0 Å². The molecule has 3 N–H and O–H groups in total. The van der Waals surface area contributed by atoms with Crippen LogP contribution in [0.2, 0.25) is 0 Å². The molecule has 0 bridgehead atoms. The van der Waals surface area contributed by atoms with E-state index in [0.29, 0.717) is 0 Å². The van der Waals surface area contributed by atoms with Crippen LogP contribution in [0.15, 0.2) is 35.3 Å². The van der Waals surface area contributed by atoms with Gasteiger partial charge in [0, 0.05) is 18.3 Å². The number of guanidine groups is 1. The van der Waals surface area contributed by atoms with Gasteiger partial charge in [0.25, 0.3) is 0 Å². The zero-order valence-electron chi connectivity index (χ0n) is 10.7. The Kier molecular flexibility index (Phi) is 4.90. The van der Waals surface area contributed by atoms with Gasteiger partial charge in [0.1, 0.15) is 0 Å². The van der Waals surface area contributed by atoms with Gasteiger partial charge in [0.2, 0.25) is 5.96 Å². The molecule has 0 aliphatic carbocycles. The van der Waals surface area contributed by atoms with E-state index in [9.17, 15) is 0 Å². The van der Waals surface area contributed by atoms with Gasteiger partial charge in [0.05, 0.1) is 5.69 Å². The molecule has 1 fully saturated rings. The molecule has 98 valence electrons. The monoisotopic (exact) mass is 264 g/mol. The molecule has 18 heavy (non-hydrogen) atoms. The summed E-state index contributed by atoms with van der Waals surface area (Å²) >= 11 is 1.95. The molecular weight excluding hydrogens is 244 g/mol. The predicted octanol–water partition coefficient (Wildman–Crippen LogP) is 1.96. The number of hydrazine groups is 1. The standard InChI is InChI=1S/C13H20N4S/c1-18-12-7-9-17(10-8-12)13(16-14)15-11-5-3-2-4-6-11/h2-6,12H,7-10,14H2,1H3,(H,15,16). The third-order valence-corrected chi connectivity index (χ3v) is 4.33. The number of nitrogens with one attached hydrogen (secondary N) is 1. The molecular formula is C13H20N4S. The number of thioether (sulfide) groups is 1. The first-order valence-electron chi connectivity index (χ1n) is 6.21. The summed E-state index contributed by atoms with van der Waals surface area (Å²) in [5, 5.41) is 0.775. The molecule has 0 amide bonds. The van der Waals surface area contributed by atoms with Crippen LogP contribution in [0.1, 0.15) is 12.8 Å². The van der Waals surface area contributed by atoms with E-state index in [-0.39, 0.29) is 0 Å². The third kappa shape index (κ3) is 3.40. The summed E-state index contributed by atoms with van der Waals surface area (Å²) in [6, 6.07) is 9.90. The molecule has 1 aliphatic rings. The fourth-order valence-electron chi connectivity index (χ4n) is 2.12. The van der Waals surface area contributed by atoms with Gasteiger partial charge >= 0.3 is 0 Å². The Bertz CT molecular complexity index is 385. The summed E-state index contributed by atoms with van der Waals surface area (Å²) in [5.74, 6) is 6.36. The Labute approximate surface area is 113 Å². The van der Waals surface area contributed by atoms with Crippen LogP contribution in [-0.2, 0) is 0 Å². The highest BCUT2D eigenvalue weighted by atomic mass is 32.2. The van der Waals surface area contributed by atoms with Crippen LogP contribution < -0.4 is 11.3 Å². The predicted molar refractivity (Wildman–Crippen MR) is 79.0 cm³/mol. The van der Waals surface area contributed by atoms with Crippen LogP contribution in [0.5, 0.6) is 0 Å². The lowest BCUT2D eigenvalue weighted by Crippen LogP contribution is -2.48. The molecule has 0 radical (unpaired) electrons. The lowest BCUT2D eigenvalue weighted by Gasteiger charge is -2.32. The van der Waals surface area contributed by atoms with E-state index in [4.69, 9.17) is 5.84 Å². The maximum absolute atomic E-state index is 5.59. The second-order valence-electron chi connectivity index (χ2n) is 4.34. The molecule has 0 atom stereocenters. The summed E-state index contributed by atoms with van der Waals surface area (Å²) in [6.07, 6.45) is 4.56. The van der Waals surface area contributed by atoms with Crippen molar-refractivity contribution in [3.63, 3.8) is 0 Å². The number of aliphatic imine (C=N–C) groups is 1. The van der Waals surface area contributed by atoms with Crippen molar-refractivity contribution in [2.24, 2.45) is 10.8 Å². The van der Waals surface area contributed by atoms with E-state index in [0.717, 1.165) is 30.0 Å². The van der Waals surface area contributed by atoms with Crippen molar-refractivity contribution < 1.29 is 0 Å². The van der Waals surface area contributed by atoms with E-state index in [1.165, 1.54) is 12.8 Å². The summed E-state index contributed by atoms with van der Waals surface area (Å²) in [4.78, 5) is 6.77. The largest absolute Gasteiger partial charge is 0.342 e. The minimum Gasteiger partial charge on any atom is -0.342 e. The zero-order valence-corrected chi connectivity index (χ0v) is 11.5. The second kappa shape index (κ2) is 6.66. The van der Waals surface area contributed by atoms with Crippen molar-refractivity contribution in [3.8, 4) is 0 Å². The molecule has 1 aromatic carbocycles. The molecule has 1 aromatic rings. The van der Waals surface area contributed by atoms with Crippen molar-refractivity contribution in [2.45, 2.75) is 18.1 Å². The highest BCUT2D eigenvalue weighted by molar-refractivity contribution is 7.99. The fraction of sp³-hybridized carbons (Fsp3) is 0.462. The van der Waals surface area contributed by atoms with Gasteiger partial charge in [-0.25, -0.2) is 10.8 Å². The highest BCUT2D eigenvalue weighted by Crippen LogP contribution is 2.21. The number of nitrogens with two attached hydrogens (primary N) is 1. The van der Waals surface area contributed by atoms with Gasteiger partial charge in [-0.05, 0) is 31.2 Å². The summed E-state index contributed by atoms with van der Waals surface area (Å²) in [6.45, 7) is 2.03. The number of para-hydroxylation sites is 1. The normalized spacial score (nSPS) is 17.9. The fourth-order valence-corrected chi connectivity index (χ4v) is 2.80. The molecule has 1 heterocycles. The third-order valence-electron chi connectivity index (χ3n) is 3.20. The number of nitrogens with zero attached hydrogens (tertiary/aromatic N) is 2. The first-order valence-corrected chi connectivity index (χ1v) is 7.50. The Balaban J connectivity index is 2.03. The maximum atomic E-state index is 5.59. The average Bonchev–Trinajstić information content (AvgIpc) is 2.46. The number of piperidine rings is 1. The van der Waals surface area contributed by atoms with Gasteiger partial charge in [-0.2, -0.15) is 11.8 Å². The van der Waals surface area contributed by atoms with Gasteiger partial charge < -0.3 is 4.90 Å². The number of benzene rings is 1. The number of rotatable bonds is 2. The van der Waals surface area contributed by atoms with E-state index in [2.05, 4.69) is 21.6 Å². The molecule has 4 nitrogen and oxygen atoms in total. The van der Waals surface area contributed by atoms with E-state index >= 15 is 0 Å². The van der Waals surface area contributed by atoms with Gasteiger partial charge in [-0.1, -0.05) is 18.2 Å².